The van der Waals surface area contributed by atoms with Crippen LogP contribution in [0.4, 0.5) is 0 Å². The maximum absolute atomic E-state index is 11.9. The lowest BCUT2D eigenvalue weighted by Gasteiger charge is -2.12. The summed E-state index contributed by atoms with van der Waals surface area (Å²) in [4.78, 5) is 21.2. The zero-order valence-corrected chi connectivity index (χ0v) is 20.9. The highest BCUT2D eigenvalue weighted by atomic mass is 79.9. The SMILES string of the molecule is Cc1ccc(COc2ccc3nc([C@H]4[C@@H](C(=O)O)C4(C)C)n(Cc4ccc(Br)cc4)c3c2)nc1. The Hall–Kier alpha value is -3.19. The number of imidazole rings is 1. The summed E-state index contributed by atoms with van der Waals surface area (Å²) >= 11 is 3.49. The van der Waals surface area contributed by atoms with Crippen molar-refractivity contribution in [2.45, 2.75) is 39.8 Å². The molecule has 4 aromatic rings. The molecule has 1 saturated carbocycles. The minimum Gasteiger partial charge on any atom is -0.487 e. The van der Waals surface area contributed by atoms with Gasteiger partial charge in [0.15, 0.2) is 0 Å². The van der Waals surface area contributed by atoms with E-state index in [2.05, 4.69) is 37.6 Å². The van der Waals surface area contributed by atoms with Gasteiger partial charge in [-0.2, -0.15) is 0 Å². The summed E-state index contributed by atoms with van der Waals surface area (Å²) in [7, 11) is 0. The molecule has 2 aromatic heterocycles. The van der Waals surface area contributed by atoms with E-state index in [0.717, 1.165) is 43.9 Å². The number of hydrogen-bond acceptors (Lipinski definition) is 4. The zero-order chi connectivity index (χ0) is 24.0. The molecule has 0 saturated heterocycles. The Balaban J connectivity index is 1.52. The number of aromatic nitrogens is 3. The Morgan fingerprint density at radius 2 is 1.91 bits per heavy atom. The van der Waals surface area contributed by atoms with Crippen LogP contribution < -0.4 is 4.74 Å². The number of aliphatic carboxylic acids is 1. The minimum absolute atomic E-state index is 0.144. The molecule has 1 fully saturated rings. The first-order valence-electron chi connectivity index (χ1n) is 11.3. The second-order valence-corrected chi connectivity index (χ2v) is 10.5. The number of ether oxygens (including phenoxy) is 1. The molecule has 7 heteroatoms. The Labute approximate surface area is 206 Å². The molecule has 0 radical (unpaired) electrons. The Bertz CT molecular complexity index is 1360. The predicted molar refractivity (Wildman–Crippen MR) is 134 cm³/mol. The summed E-state index contributed by atoms with van der Waals surface area (Å²) in [6.45, 7) is 6.98. The van der Waals surface area contributed by atoms with Crippen molar-refractivity contribution >= 4 is 32.9 Å². The number of pyridine rings is 1. The second-order valence-electron chi connectivity index (χ2n) is 9.56. The average molecular weight is 520 g/mol. The van der Waals surface area contributed by atoms with Gasteiger partial charge in [-0.05, 0) is 53.8 Å². The number of carbonyl (C=O) groups is 1. The fourth-order valence-electron chi connectivity index (χ4n) is 4.71. The quantitative estimate of drug-likeness (QED) is 0.326. The highest BCUT2D eigenvalue weighted by molar-refractivity contribution is 9.10. The second kappa shape index (κ2) is 8.55. The molecular formula is C27H26BrN3O3. The van der Waals surface area contributed by atoms with Crippen LogP contribution in [0.2, 0.25) is 0 Å². The summed E-state index contributed by atoms with van der Waals surface area (Å²) < 4.78 is 9.20. The van der Waals surface area contributed by atoms with Crippen molar-refractivity contribution in [3.63, 3.8) is 0 Å². The summed E-state index contributed by atoms with van der Waals surface area (Å²) in [5, 5.41) is 9.78. The van der Waals surface area contributed by atoms with Crippen LogP contribution in [0, 0.1) is 18.3 Å². The van der Waals surface area contributed by atoms with Crippen molar-refractivity contribution in [1.82, 2.24) is 14.5 Å². The van der Waals surface area contributed by atoms with E-state index in [4.69, 9.17) is 9.72 Å². The van der Waals surface area contributed by atoms with E-state index >= 15 is 0 Å². The number of fused-ring (bicyclic) bond motifs is 1. The van der Waals surface area contributed by atoms with Crippen LogP contribution in [0.3, 0.4) is 0 Å². The fourth-order valence-corrected chi connectivity index (χ4v) is 4.97. The molecule has 2 aromatic carbocycles. The third kappa shape index (κ3) is 4.20. The van der Waals surface area contributed by atoms with Gasteiger partial charge in [0.25, 0.3) is 0 Å². The van der Waals surface area contributed by atoms with Crippen LogP contribution in [-0.4, -0.2) is 25.6 Å². The third-order valence-corrected chi connectivity index (χ3v) is 7.26. The molecule has 0 bridgehead atoms. The lowest BCUT2D eigenvalue weighted by Crippen LogP contribution is -2.07. The van der Waals surface area contributed by atoms with Crippen molar-refractivity contribution in [3.05, 3.63) is 87.9 Å². The number of aryl methyl sites for hydroxylation is 1. The summed E-state index contributed by atoms with van der Waals surface area (Å²) in [5.41, 5.74) is 4.50. The first-order valence-corrected chi connectivity index (χ1v) is 12.0. The zero-order valence-electron chi connectivity index (χ0n) is 19.3. The van der Waals surface area contributed by atoms with E-state index in [1.807, 2.05) is 69.4 Å². The average Bonchev–Trinajstić information content (AvgIpc) is 3.22. The molecule has 2 atom stereocenters. The van der Waals surface area contributed by atoms with E-state index in [0.29, 0.717) is 13.2 Å². The van der Waals surface area contributed by atoms with Crippen LogP contribution in [0.1, 0.15) is 42.4 Å². The lowest BCUT2D eigenvalue weighted by molar-refractivity contribution is -0.139. The minimum atomic E-state index is -0.771. The number of halogens is 1. The molecule has 1 aliphatic carbocycles. The van der Waals surface area contributed by atoms with Gasteiger partial charge in [0.05, 0.1) is 22.6 Å². The van der Waals surface area contributed by atoms with Crippen LogP contribution in [0.5, 0.6) is 5.75 Å². The normalized spacial score (nSPS) is 18.7. The number of nitrogens with zero attached hydrogens (tertiary/aromatic N) is 3. The number of hydrogen-bond donors (Lipinski definition) is 1. The van der Waals surface area contributed by atoms with Gasteiger partial charge in [-0.3, -0.25) is 9.78 Å². The molecule has 174 valence electrons. The van der Waals surface area contributed by atoms with Gasteiger partial charge in [-0.15, -0.1) is 0 Å². The fraction of sp³-hybridized carbons (Fsp3) is 0.296. The van der Waals surface area contributed by atoms with Crippen LogP contribution >= 0.6 is 15.9 Å². The van der Waals surface area contributed by atoms with Gasteiger partial charge in [0.1, 0.15) is 18.2 Å². The molecule has 0 spiro atoms. The topological polar surface area (TPSA) is 77.2 Å². The van der Waals surface area contributed by atoms with E-state index in [-0.39, 0.29) is 11.3 Å². The number of benzene rings is 2. The van der Waals surface area contributed by atoms with Gasteiger partial charge >= 0.3 is 5.97 Å². The third-order valence-electron chi connectivity index (χ3n) is 6.73. The molecule has 1 aliphatic rings. The Morgan fingerprint density at radius 3 is 2.56 bits per heavy atom. The molecule has 34 heavy (non-hydrogen) atoms. The summed E-state index contributed by atoms with van der Waals surface area (Å²) in [6.07, 6.45) is 1.83. The molecule has 0 aliphatic heterocycles. The van der Waals surface area contributed by atoms with Crippen molar-refractivity contribution in [1.29, 1.82) is 0 Å². The van der Waals surface area contributed by atoms with Crippen molar-refractivity contribution in [2.24, 2.45) is 11.3 Å². The molecule has 1 N–H and O–H groups in total. The molecule has 5 rings (SSSR count). The monoisotopic (exact) mass is 519 g/mol. The predicted octanol–water partition coefficient (Wildman–Crippen LogP) is 5.95. The molecular weight excluding hydrogens is 494 g/mol. The molecule has 2 heterocycles. The van der Waals surface area contributed by atoms with E-state index in [1.165, 1.54) is 0 Å². The van der Waals surface area contributed by atoms with Gasteiger partial charge in [-0.25, -0.2) is 4.98 Å². The Kier molecular flexibility index (Phi) is 5.68. The highest BCUT2D eigenvalue weighted by Gasteiger charge is 2.64. The van der Waals surface area contributed by atoms with Gasteiger partial charge < -0.3 is 14.4 Å². The first-order chi connectivity index (χ1) is 16.2. The molecule has 0 unspecified atom stereocenters. The van der Waals surface area contributed by atoms with E-state index in [1.54, 1.807) is 0 Å². The maximum atomic E-state index is 11.9. The van der Waals surface area contributed by atoms with Crippen molar-refractivity contribution in [3.8, 4) is 5.75 Å². The summed E-state index contributed by atoms with van der Waals surface area (Å²) in [6, 6.07) is 18.0. The first kappa shape index (κ1) is 22.6. The maximum Gasteiger partial charge on any atom is 0.307 e. The standard InChI is InChI=1S/C27H26BrN3O3/c1-16-4-9-19(29-13-16)15-34-20-10-11-21-22(12-20)31(14-17-5-7-18(28)8-6-17)25(30-21)23-24(26(32)33)27(23,2)3/h4-13,23-24H,14-15H2,1-3H3,(H,32,33)/t23-,24+/m1/s1. The van der Waals surface area contributed by atoms with E-state index < -0.39 is 11.9 Å². The van der Waals surface area contributed by atoms with Crippen molar-refractivity contribution < 1.29 is 14.6 Å². The number of carboxylic acid groups (broad SMARTS) is 1. The van der Waals surface area contributed by atoms with Crippen LogP contribution in [0.25, 0.3) is 11.0 Å². The van der Waals surface area contributed by atoms with E-state index in [9.17, 15) is 9.90 Å². The van der Waals surface area contributed by atoms with Crippen molar-refractivity contribution in [2.75, 3.05) is 0 Å². The van der Waals surface area contributed by atoms with Gasteiger partial charge in [0, 0.05) is 29.2 Å². The lowest BCUT2D eigenvalue weighted by atomic mass is 10.1. The van der Waals surface area contributed by atoms with Crippen LogP contribution in [-0.2, 0) is 17.9 Å². The largest absolute Gasteiger partial charge is 0.487 e. The smallest absolute Gasteiger partial charge is 0.307 e. The van der Waals surface area contributed by atoms with Gasteiger partial charge in [-0.1, -0.05) is 48.0 Å². The number of carboxylic acids is 1. The highest BCUT2D eigenvalue weighted by Crippen LogP contribution is 2.64. The molecule has 0 amide bonds. The number of rotatable bonds is 7. The van der Waals surface area contributed by atoms with Gasteiger partial charge in [0.2, 0.25) is 0 Å². The summed E-state index contributed by atoms with van der Waals surface area (Å²) in [5.74, 6) is 0.174. The Morgan fingerprint density at radius 1 is 1.15 bits per heavy atom. The molecule has 6 nitrogen and oxygen atoms in total. The van der Waals surface area contributed by atoms with Crippen LogP contribution in [0.15, 0.2) is 65.3 Å².